The van der Waals surface area contributed by atoms with Crippen molar-refractivity contribution in [1.82, 2.24) is 0 Å². The van der Waals surface area contributed by atoms with Gasteiger partial charge in [0.1, 0.15) is 0 Å². The normalized spacial score (nSPS) is 18.7. The number of benzene rings is 2. The van der Waals surface area contributed by atoms with E-state index >= 15 is 0 Å². The maximum atomic E-state index is 12.1. The quantitative estimate of drug-likeness (QED) is 0.0929. The Morgan fingerprint density at radius 2 is 1.46 bits per heavy atom. The second-order valence-electron chi connectivity index (χ2n) is 12.7. The molecule has 0 saturated carbocycles. The molecule has 0 unspecified atom stereocenters. The van der Waals surface area contributed by atoms with Gasteiger partial charge in [0.25, 0.3) is 0 Å². The van der Waals surface area contributed by atoms with E-state index in [2.05, 4.69) is 11.8 Å². The fraction of sp³-hybridized carbons (Fsp3) is 0.406. The van der Waals surface area contributed by atoms with Crippen molar-refractivity contribution in [1.29, 1.82) is 0 Å². The fourth-order valence-corrected chi connectivity index (χ4v) is 9.12. The second kappa shape index (κ2) is 13.2. The molecule has 0 saturated heterocycles. The average Bonchev–Trinajstić information content (AvgIpc) is 3.28. The molecule has 4 rings (SSSR count). The minimum absolute atomic E-state index is 0.0404. The molecule has 11 nitrogen and oxygen atoms in total. The molecule has 2 aromatic carbocycles. The summed E-state index contributed by atoms with van der Waals surface area (Å²) in [7, 11) is -4.16. The molecule has 0 spiro atoms. The Labute approximate surface area is 276 Å². The number of anilines is 1. The van der Waals surface area contributed by atoms with Gasteiger partial charge >= 0.3 is 278 Å². The summed E-state index contributed by atoms with van der Waals surface area (Å²) in [6.07, 6.45) is 11.6. The first-order chi connectivity index (χ1) is 21.2. The van der Waals surface area contributed by atoms with E-state index in [9.17, 15) is 36.8 Å². The Bertz CT molecular complexity index is 1850. The molecule has 0 aliphatic carbocycles. The van der Waals surface area contributed by atoms with Crippen LogP contribution >= 0.6 is 0 Å². The van der Waals surface area contributed by atoms with Crippen molar-refractivity contribution in [3.8, 4) is 0 Å². The number of unbranched alkanes of at least 4 members (excludes halogenated alkanes) is 1. The summed E-state index contributed by atoms with van der Waals surface area (Å²) >= 11 is -10.3. The maximum absolute atomic E-state index is 12.1. The van der Waals surface area contributed by atoms with Gasteiger partial charge in [-0.25, -0.2) is 0 Å². The Morgan fingerprint density at radius 1 is 0.848 bits per heavy atom. The Balaban J connectivity index is 1.69. The van der Waals surface area contributed by atoms with Crippen LogP contribution in [0.2, 0.25) is 0 Å². The molecule has 0 bridgehead atoms. The van der Waals surface area contributed by atoms with Crippen LogP contribution in [-0.2, 0) is 28.4 Å². The van der Waals surface area contributed by atoms with Crippen LogP contribution in [0.3, 0.4) is 0 Å². The van der Waals surface area contributed by atoms with E-state index in [-0.39, 0.29) is 21.7 Å². The average molecular weight is 782 g/mol. The SMILES string of the molecule is CCCCN1C(=CC=CC=CC2=[N+](CCCS(=O)(=O)O)c3ccc([As](=O)(O)O)cc3C2(C)C)C(C)(C)c2cc([As](=O)(O)O)ccc21. The summed E-state index contributed by atoms with van der Waals surface area (Å²) in [5, 5.41) is 0. The zero-order valence-electron chi connectivity index (χ0n) is 26.7. The van der Waals surface area contributed by atoms with E-state index in [0.29, 0.717) is 11.3 Å². The molecule has 0 fully saturated rings. The molecule has 0 radical (unpaired) electrons. The van der Waals surface area contributed by atoms with Gasteiger partial charge in [0.2, 0.25) is 0 Å². The first-order valence-electron chi connectivity index (χ1n) is 15.0. The van der Waals surface area contributed by atoms with Gasteiger partial charge in [-0.05, 0) is 0 Å². The number of allylic oxidation sites excluding steroid dienone is 6. The van der Waals surface area contributed by atoms with E-state index in [1.165, 1.54) is 18.2 Å². The molecule has 0 aromatic heterocycles. The van der Waals surface area contributed by atoms with Crippen LogP contribution in [-0.4, -0.2) is 86.8 Å². The number of hydrogen-bond acceptors (Lipinski definition) is 5. The predicted molar refractivity (Wildman–Crippen MR) is 179 cm³/mol. The van der Waals surface area contributed by atoms with Crippen LogP contribution in [0.25, 0.3) is 0 Å². The summed E-state index contributed by atoms with van der Waals surface area (Å²) in [6.45, 7) is 11.1. The summed E-state index contributed by atoms with van der Waals surface area (Å²) < 4.78 is 97.5. The van der Waals surface area contributed by atoms with Crippen LogP contribution in [0.5, 0.6) is 0 Å². The molecule has 0 amide bonds. The van der Waals surface area contributed by atoms with Crippen LogP contribution in [0, 0.1) is 0 Å². The van der Waals surface area contributed by atoms with Crippen molar-refractivity contribution in [2.45, 2.75) is 64.7 Å². The third-order valence-corrected chi connectivity index (χ3v) is 13.5. The molecule has 14 heteroatoms. The van der Waals surface area contributed by atoms with Gasteiger partial charge in [0, 0.05) is 0 Å². The standard InChI is InChI=1S/C32H42As2N2O9S/c1-6-7-18-35-27-16-14-23(33(37,38)39)21-25(27)31(2,3)29(35)12-9-8-10-13-30-32(4,5)26-22-24(34(40,41)42)15-17-28(26)36(30)19-11-20-46(43,44)45/h8-10,12-17,21-22H,6-7,11,18-20H2,1-5H3,(H4-,37,38,39,40,41,42,43,44,45)/p+1. The predicted octanol–water partition coefficient (Wildman–Crippen LogP) is 2.06. The second-order valence-corrected chi connectivity index (χ2v) is 21.0. The molecule has 250 valence electrons. The number of fused-ring (bicyclic) bond motifs is 2. The van der Waals surface area contributed by atoms with Crippen molar-refractivity contribution in [3.05, 3.63) is 83.6 Å². The third-order valence-electron chi connectivity index (χ3n) is 8.67. The van der Waals surface area contributed by atoms with E-state index in [1.807, 2.05) is 62.7 Å². The number of hydrogen-bond donors (Lipinski definition) is 5. The topological polar surface area (TPSA) is 176 Å². The zero-order chi connectivity index (χ0) is 34.3. The molecular formula is C32H43As2N2O9S+. The third kappa shape index (κ3) is 7.66. The van der Waals surface area contributed by atoms with Gasteiger partial charge in [-0.2, -0.15) is 0 Å². The van der Waals surface area contributed by atoms with E-state index in [1.54, 1.807) is 18.2 Å². The van der Waals surface area contributed by atoms with Crippen molar-refractivity contribution in [3.63, 3.8) is 0 Å². The summed E-state index contributed by atoms with van der Waals surface area (Å²) in [6, 6.07) is 9.50. The zero-order valence-corrected chi connectivity index (χ0v) is 31.2. The fourth-order valence-electron chi connectivity index (χ4n) is 6.25. The van der Waals surface area contributed by atoms with E-state index in [0.717, 1.165) is 42.0 Å². The molecular weight excluding hydrogens is 738 g/mol. The van der Waals surface area contributed by atoms with Gasteiger partial charge in [-0.1, -0.05) is 0 Å². The molecule has 5 N–H and O–H groups in total. The van der Waals surface area contributed by atoms with E-state index in [4.69, 9.17) is 0 Å². The molecule has 46 heavy (non-hydrogen) atoms. The molecule has 2 aliphatic rings. The van der Waals surface area contributed by atoms with Crippen LogP contribution in [0.15, 0.2) is 72.5 Å². The van der Waals surface area contributed by atoms with Gasteiger partial charge in [-0.3, -0.25) is 0 Å². The number of nitrogens with zero attached hydrogens (tertiary/aromatic N) is 2. The molecule has 2 heterocycles. The number of rotatable bonds is 12. The van der Waals surface area contributed by atoms with Crippen LogP contribution in [0.1, 0.15) is 65.0 Å². The van der Waals surface area contributed by atoms with Crippen LogP contribution < -0.4 is 13.6 Å². The molecule has 0 atom stereocenters. The Hall–Kier alpha value is -2.40. The summed E-state index contributed by atoms with van der Waals surface area (Å²) in [5.41, 5.74) is 3.83. The van der Waals surface area contributed by atoms with Crippen molar-refractivity contribution in [2.75, 3.05) is 23.7 Å². The summed E-state index contributed by atoms with van der Waals surface area (Å²) in [5.74, 6) is -0.420. The van der Waals surface area contributed by atoms with Gasteiger partial charge in [0.05, 0.1) is 0 Å². The van der Waals surface area contributed by atoms with Crippen molar-refractivity contribution < 1.29 is 41.4 Å². The van der Waals surface area contributed by atoms with Gasteiger partial charge in [-0.15, -0.1) is 0 Å². The Morgan fingerprint density at radius 3 is 2.04 bits per heavy atom. The van der Waals surface area contributed by atoms with Gasteiger partial charge < -0.3 is 0 Å². The molecule has 2 aliphatic heterocycles. The monoisotopic (exact) mass is 781 g/mol. The first kappa shape index (κ1) is 36.4. The van der Waals surface area contributed by atoms with E-state index < -0.39 is 55.0 Å². The van der Waals surface area contributed by atoms with Crippen LogP contribution in [0.4, 0.5) is 11.4 Å². The van der Waals surface area contributed by atoms with Crippen molar-refractivity contribution in [2.24, 2.45) is 0 Å². The van der Waals surface area contributed by atoms with Gasteiger partial charge in [0.15, 0.2) is 0 Å². The minimum atomic E-state index is -5.18. The van der Waals surface area contributed by atoms with Crippen molar-refractivity contribution >= 4 is 64.3 Å². The first-order valence-corrected chi connectivity index (χ1v) is 23.4. The molecule has 2 aromatic rings. The summed E-state index contributed by atoms with van der Waals surface area (Å²) in [4.78, 5) is 2.20. The Kier molecular flexibility index (Phi) is 10.5.